The second-order valence-corrected chi connectivity index (χ2v) is 8.90. The maximum atomic E-state index is 12.4. The molecule has 1 amide bonds. The summed E-state index contributed by atoms with van der Waals surface area (Å²) in [5, 5.41) is 11.3. The Labute approximate surface area is 191 Å². The molecule has 172 valence electrons. The second kappa shape index (κ2) is 9.07. The lowest BCUT2D eigenvalue weighted by atomic mass is 10.1. The zero-order valence-electron chi connectivity index (χ0n) is 18.4. The average Bonchev–Trinajstić information content (AvgIpc) is 2.69. The zero-order valence-corrected chi connectivity index (χ0v) is 19.1. The van der Waals surface area contributed by atoms with Gasteiger partial charge < -0.3 is 25.0 Å². The molecule has 1 aliphatic heterocycles. The Morgan fingerprint density at radius 1 is 1.28 bits per heavy atom. The van der Waals surface area contributed by atoms with Gasteiger partial charge in [-0.3, -0.25) is 10.1 Å². The summed E-state index contributed by atoms with van der Waals surface area (Å²) in [4.78, 5) is 30.6. The van der Waals surface area contributed by atoms with Crippen LogP contribution < -0.4 is 15.4 Å². The summed E-state index contributed by atoms with van der Waals surface area (Å²) >= 11 is 6.05. The van der Waals surface area contributed by atoms with Crippen molar-refractivity contribution < 1.29 is 19.2 Å². The number of nitrogen functional groups attached to an aromatic ring is 1. The van der Waals surface area contributed by atoms with Crippen LogP contribution in [0.3, 0.4) is 0 Å². The molecule has 2 aromatic rings. The molecule has 10 nitrogen and oxygen atoms in total. The molecule has 0 unspecified atom stereocenters. The number of aromatic nitrogens is 1. The van der Waals surface area contributed by atoms with E-state index in [1.54, 1.807) is 17.0 Å². The summed E-state index contributed by atoms with van der Waals surface area (Å²) in [5.74, 6) is -0.0656. The van der Waals surface area contributed by atoms with Crippen molar-refractivity contribution in [2.45, 2.75) is 39.3 Å². The molecule has 2 heterocycles. The molecule has 0 bridgehead atoms. The third-order valence-corrected chi connectivity index (χ3v) is 5.12. The van der Waals surface area contributed by atoms with Crippen LogP contribution in [0.4, 0.5) is 22.0 Å². The molecule has 1 aromatic heterocycles. The van der Waals surface area contributed by atoms with Gasteiger partial charge in [-0.25, -0.2) is 9.78 Å². The van der Waals surface area contributed by atoms with Crippen LogP contribution in [0.15, 0.2) is 30.5 Å². The first-order valence-electron chi connectivity index (χ1n) is 10.1. The van der Waals surface area contributed by atoms with Crippen molar-refractivity contribution in [1.82, 2.24) is 9.88 Å². The van der Waals surface area contributed by atoms with E-state index in [4.69, 9.17) is 26.8 Å². The highest BCUT2D eigenvalue weighted by atomic mass is 35.5. The van der Waals surface area contributed by atoms with Gasteiger partial charge in [-0.1, -0.05) is 11.6 Å². The maximum Gasteiger partial charge on any atom is 0.410 e. The van der Waals surface area contributed by atoms with Crippen molar-refractivity contribution in [3.63, 3.8) is 0 Å². The minimum absolute atomic E-state index is 0.0120. The number of ether oxygens (including phenoxy) is 2. The molecule has 1 fully saturated rings. The number of amides is 1. The number of anilines is 2. The molecule has 1 aromatic carbocycles. The molecule has 2 N–H and O–H groups in total. The van der Waals surface area contributed by atoms with Crippen LogP contribution in [-0.4, -0.2) is 52.2 Å². The number of rotatable bonds is 4. The lowest BCUT2D eigenvalue weighted by molar-refractivity contribution is -0.384. The summed E-state index contributed by atoms with van der Waals surface area (Å²) in [6, 6.07) is 7.04. The Kier molecular flexibility index (Phi) is 6.63. The molecule has 0 aliphatic carbocycles. The highest BCUT2D eigenvalue weighted by Crippen LogP contribution is 2.40. The van der Waals surface area contributed by atoms with Crippen LogP contribution in [0, 0.1) is 10.1 Å². The molecule has 0 saturated carbocycles. The average molecular weight is 464 g/mol. The lowest BCUT2D eigenvalue weighted by Crippen LogP contribution is -2.55. The monoisotopic (exact) mass is 463 g/mol. The van der Waals surface area contributed by atoms with Gasteiger partial charge in [-0.2, -0.15) is 0 Å². The fourth-order valence-corrected chi connectivity index (χ4v) is 3.55. The van der Waals surface area contributed by atoms with Gasteiger partial charge in [0.25, 0.3) is 0 Å². The van der Waals surface area contributed by atoms with E-state index in [9.17, 15) is 14.9 Å². The van der Waals surface area contributed by atoms with Crippen molar-refractivity contribution in [1.29, 1.82) is 0 Å². The molecule has 0 radical (unpaired) electrons. The molecule has 11 heteroatoms. The van der Waals surface area contributed by atoms with E-state index in [2.05, 4.69) is 9.88 Å². The van der Waals surface area contributed by atoms with E-state index >= 15 is 0 Å². The van der Waals surface area contributed by atoms with Gasteiger partial charge in [0.1, 0.15) is 16.4 Å². The molecular formula is C21H26ClN5O5. The van der Waals surface area contributed by atoms with Crippen molar-refractivity contribution in [2.75, 3.05) is 30.3 Å². The molecule has 3 rings (SSSR count). The fraction of sp³-hybridized carbons (Fsp3) is 0.429. The molecule has 32 heavy (non-hydrogen) atoms. The van der Waals surface area contributed by atoms with Crippen LogP contribution in [0.5, 0.6) is 11.5 Å². The minimum atomic E-state index is -0.677. The van der Waals surface area contributed by atoms with Crippen LogP contribution in [-0.2, 0) is 4.74 Å². The van der Waals surface area contributed by atoms with Gasteiger partial charge in [0.15, 0.2) is 0 Å². The van der Waals surface area contributed by atoms with Crippen molar-refractivity contribution in [2.24, 2.45) is 0 Å². The van der Waals surface area contributed by atoms with Crippen LogP contribution in [0.25, 0.3) is 0 Å². The third-order valence-electron chi connectivity index (χ3n) is 4.85. The number of piperazine rings is 1. The van der Waals surface area contributed by atoms with Crippen molar-refractivity contribution in [3.8, 4) is 11.5 Å². The predicted molar refractivity (Wildman–Crippen MR) is 121 cm³/mol. The highest BCUT2D eigenvalue weighted by Gasteiger charge is 2.31. The predicted octanol–water partition coefficient (Wildman–Crippen LogP) is 4.46. The SMILES string of the molecule is C[C@H]1CN(c2ccc(Oc3c(Cl)cnc(N)c3[N+](=O)[O-])cc2)CCN1C(=O)OC(C)(C)C. The normalized spacial score (nSPS) is 16.6. The standard InChI is InChI=1S/C21H26ClN5O5/c1-13-12-25(9-10-26(13)20(28)32-21(2,3)4)14-5-7-15(8-6-14)31-18-16(22)11-24-19(23)17(18)27(29)30/h5-8,11,13H,9-10,12H2,1-4H3,(H2,23,24)/t13-/m0/s1. The van der Waals surface area contributed by atoms with E-state index in [-0.39, 0.29) is 28.7 Å². The second-order valence-electron chi connectivity index (χ2n) is 8.49. The number of hydrogen-bond acceptors (Lipinski definition) is 8. The number of carbonyl (C=O) groups excluding carboxylic acids is 1. The molecule has 0 spiro atoms. The van der Waals surface area contributed by atoms with Gasteiger partial charge >= 0.3 is 11.8 Å². The van der Waals surface area contributed by atoms with E-state index in [0.29, 0.717) is 25.4 Å². The van der Waals surface area contributed by atoms with Gasteiger partial charge in [0.05, 0.1) is 11.1 Å². The smallest absolute Gasteiger partial charge is 0.410 e. The number of halogens is 1. The van der Waals surface area contributed by atoms with Gasteiger partial charge in [0, 0.05) is 31.4 Å². The van der Waals surface area contributed by atoms with Crippen LogP contribution >= 0.6 is 11.6 Å². The van der Waals surface area contributed by atoms with Gasteiger partial charge in [-0.05, 0) is 52.0 Å². The zero-order chi connectivity index (χ0) is 23.6. The van der Waals surface area contributed by atoms with Crippen LogP contribution in [0.1, 0.15) is 27.7 Å². The molecule has 1 aliphatic rings. The Morgan fingerprint density at radius 3 is 2.50 bits per heavy atom. The summed E-state index contributed by atoms with van der Waals surface area (Å²) < 4.78 is 11.1. The summed E-state index contributed by atoms with van der Waals surface area (Å²) in [7, 11) is 0. The number of nitrogens with two attached hydrogens (primary N) is 1. The molecular weight excluding hydrogens is 438 g/mol. The first-order valence-corrected chi connectivity index (χ1v) is 10.4. The highest BCUT2D eigenvalue weighted by molar-refractivity contribution is 6.32. The first-order chi connectivity index (χ1) is 15.0. The maximum absolute atomic E-state index is 12.4. The van der Waals surface area contributed by atoms with Gasteiger partial charge in [0.2, 0.25) is 11.6 Å². The fourth-order valence-electron chi connectivity index (χ4n) is 3.38. The summed E-state index contributed by atoms with van der Waals surface area (Å²) in [6.45, 7) is 9.32. The van der Waals surface area contributed by atoms with E-state index < -0.39 is 16.2 Å². The Balaban J connectivity index is 1.70. The van der Waals surface area contributed by atoms with E-state index in [1.165, 1.54) is 6.20 Å². The van der Waals surface area contributed by atoms with Crippen LogP contribution in [0.2, 0.25) is 5.02 Å². The number of carbonyl (C=O) groups is 1. The number of nitrogens with zero attached hydrogens (tertiary/aromatic N) is 4. The first kappa shape index (κ1) is 23.4. The van der Waals surface area contributed by atoms with Gasteiger partial charge in [-0.15, -0.1) is 0 Å². The quantitative estimate of drug-likeness (QED) is 0.520. The number of hydrogen-bond donors (Lipinski definition) is 1. The topological polar surface area (TPSA) is 124 Å². The number of benzene rings is 1. The Hall–Kier alpha value is -3.27. The minimum Gasteiger partial charge on any atom is -0.448 e. The van der Waals surface area contributed by atoms with E-state index in [0.717, 1.165) is 5.69 Å². The lowest BCUT2D eigenvalue weighted by Gasteiger charge is -2.41. The van der Waals surface area contributed by atoms with E-state index in [1.807, 2.05) is 39.8 Å². The number of nitro groups is 1. The largest absolute Gasteiger partial charge is 0.448 e. The van der Waals surface area contributed by atoms with Crippen molar-refractivity contribution in [3.05, 3.63) is 45.6 Å². The third kappa shape index (κ3) is 5.31. The molecule has 1 saturated heterocycles. The Morgan fingerprint density at radius 2 is 1.94 bits per heavy atom. The Bertz CT molecular complexity index is 1010. The summed E-state index contributed by atoms with van der Waals surface area (Å²) in [6.07, 6.45) is 0.891. The van der Waals surface area contributed by atoms with Crippen molar-refractivity contribution >= 4 is 34.9 Å². The number of pyridine rings is 1. The molecule has 1 atom stereocenters. The summed E-state index contributed by atoms with van der Waals surface area (Å²) in [5.41, 5.74) is 5.53.